The fourth-order valence-corrected chi connectivity index (χ4v) is 2.71. The smallest absolute Gasteiger partial charge is 0.267 e. The Morgan fingerprint density at radius 1 is 1.46 bits per heavy atom. The van der Waals surface area contributed by atoms with E-state index in [-0.39, 0.29) is 5.57 Å². The van der Waals surface area contributed by atoms with E-state index in [0.717, 1.165) is 34.4 Å². The molecule has 124 valence electrons. The van der Waals surface area contributed by atoms with Gasteiger partial charge in [-0.15, -0.1) is 0 Å². The zero-order valence-electron chi connectivity index (χ0n) is 13.9. The van der Waals surface area contributed by atoms with Gasteiger partial charge in [0.15, 0.2) is 0 Å². The van der Waals surface area contributed by atoms with Crippen LogP contribution in [0.15, 0.2) is 34.4 Å². The van der Waals surface area contributed by atoms with Crippen molar-refractivity contribution in [3.8, 4) is 6.07 Å². The van der Waals surface area contributed by atoms with Crippen LogP contribution in [0, 0.1) is 25.2 Å². The Morgan fingerprint density at radius 2 is 2.21 bits per heavy atom. The minimum absolute atomic E-state index is 0.0523. The molecular formula is C18H19BrN4O. The van der Waals surface area contributed by atoms with E-state index in [1.807, 2.05) is 26.0 Å². The first kappa shape index (κ1) is 18.0. The van der Waals surface area contributed by atoms with Gasteiger partial charge in [0.1, 0.15) is 17.5 Å². The summed E-state index contributed by atoms with van der Waals surface area (Å²) in [5, 5.41) is 12.0. The van der Waals surface area contributed by atoms with E-state index in [4.69, 9.17) is 0 Å². The highest BCUT2D eigenvalue weighted by Gasteiger charge is 2.13. The normalized spacial score (nSPS) is 11.2. The van der Waals surface area contributed by atoms with Gasteiger partial charge in [0.25, 0.3) is 5.91 Å². The average Bonchev–Trinajstić information content (AvgIpc) is 2.82. The third kappa shape index (κ3) is 4.12. The van der Waals surface area contributed by atoms with Gasteiger partial charge >= 0.3 is 0 Å². The lowest BCUT2D eigenvalue weighted by molar-refractivity contribution is -0.112. The van der Waals surface area contributed by atoms with Gasteiger partial charge in [0, 0.05) is 28.6 Å². The molecule has 0 aromatic carbocycles. The zero-order chi connectivity index (χ0) is 17.7. The second kappa shape index (κ2) is 7.93. The van der Waals surface area contributed by atoms with E-state index in [9.17, 15) is 10.1 Å². The monoisotopic (exact) mass is 386 g/mol. The summed E-state index contributed by atoms with van der Waals surface area (Å²) in [5.41, 5.74) is 3.11. The Labute approximate surface area is 150 Å². The van der Waals surface area contributed by atoms with Crippen molar-refractivity contribution < 1.29 is 4.79 Å². The van der Waals surface area contributed by atoms with Gasteiger partial charge in [0.2, 0.25) is 0 Å². The lowest BCUT2D eigenvalue weighted by Gasteiger charge is -2.07. The number of carbonyl (C=O) groups excluding carboxylic acids is 1. The van der Waals surface area contributed by atoms with Gasteiger partial charge in [0.05, 0.1) is 0 Å². The Morgan fingerprint density at radius 3 is 2.79 bits per heavy atom. The van der Waals surface area contributed by atoms with Crippen LogP contribution in [0.4, 0.5) is 5.82 Å². The number of hydrogen-bond donors (Lipinski definition) is 1. The molecule has 24 heavy (non-hydrogen) atoms. The minimum Gasteiger partial charge on any atom is -0.349 e. The number of aromatic nitrogens is 2. The van der Waals surface area contributed by atoms with E-state index < -0.39 is 5.91 Å². The summed E-state index contributed by atoms with van der Waals surface area (Å²) in [6.45, 7) is 7.06. The largest absolute Gasteiger partial charge is 0.349 e. The summed E-state index contributed by atoms with van der Waals surface area (Å²) in [4.78, 5) is 16.4. The minimum atomic E-state index is -0.465. The molecule has 2 aromatic heterocycles. The predicted molar refractivity (Wildman–Crippen MR) is 98.4 cm³/mol. The van der Waals surface area contributed by atoms with Crippen LogP contribution in [0.2, 0.25) is 0 Å². The summed E-state index contributed by atoms with van der Waals surface area (Å²) in [6.07, 6.45) is 4.24. The van der Waals surface area contributed by atoms with Gasteiger partial charge in [-0.25, -0.2) is 4.98 Å². The summed E-state index contributed by atoms with van der Waals surface area (Å²) in [6, 6.07) is 7.41. The molecule has 0 spiro atoms. The maximum absolute atomic E-state index is 12.3. The lowest BCUT2D eigenvalue weighted by atomic mass is 10.1. The van der Waals surface area contributed by atoms with E-state index >= 15 is 0 Å². The number of anilines is 1. The number of rotatable bonds is 5. The molecule has 0 atom stereocenters. The van der Waals surface area contributed by atoms with Gasteiger partial charge in [-0.05, 0) is 66.0 Å². The number of nitriles is 1. The standard InChI is InChI=1S/C18H19BrN4O/c1-4-7-23-12(2)8-14(13(23)3)9-15(10-20)18(24)22-17-6-5-16(19)11-21-17/h5-6,8-9,11H,4,7H2,1-3H3,(H,21,22,24)/b15-9+. The first-order chi connectivity index (χ1) is 11.5. The van der Waals surface area contributed by atoms with Crippen LogP contribution in [0.1, 0.15) is 30.3 Å². The number of nitrogens with one attached hydrogen (secondary N) is 1. The molecule has 0 aliphatic rings. The SMILES string of the molecule is CCCn1c(C)cc(/C=C(\C#N)C(=O)Nc2ccc(Br)cn2)c1C. The Hall–Kier alpha value is -2.39. The average molecular weight is 387 g/mol. The number of halogens is 1. The molecular weight excluding hydrogens is 368 g/mol. The Bertz CT molecular complexity index is 813. The quantitative estimate of drug-likeness (QED) is 0.617. The first-order valence-electron chi connectivity index (χ1n) is 7.67. The van der Waals surface area contributed by atoms with Gasteiger partial charge in [-0.2, -0.15) is 5.26 Å². The molecule has 0 aliphatic heterocycles. The number of hydrogen-bond acceptors (Lipinski definition) is 3. The van der Waals surface area contributed by atoms with Gasteiger partial charge in [-0.1, -0.05) is 6.92 Å². The third-order valence-corrected chi connectivity index (χ3v) is 4.16. The van der Waals surface area contributed by atoms with Crippen molar-refractivity contribution in [1.29, 1.82) is 5.26 Å². The number of carbonyl (C=O) groups is 1. The van der Waals surface area contributed by atoms with Crippen molar-refractivity contribution in [1.82, 2.24) is 9.55 Å². The van der Waals surface area contributed by atoms with Gasteiger partial charge in [-0.3, -0.25) is 4.79 Å². The zero-order valence-corrected chi connectivity index (χ0v) is 15.5. The van der Waals surface area contributed by atoms with Crippen LogP contribution in [-0.2, 0) is 11.3 Å². The highest BCUT2D eigenvalue weighted by molar-refractivity contribution is 9.10. The maximum Gasteiger partial charge on any atom is 0.267 e. The molecule has 1 amide bonds. The van der Waals surface area contributed by atoms with Crippen LogP contribution in [0.25, 0.3) is 6.08 Å². The second-order valence-corrected chi connectivity index (χ2v) is 6.38. The Kier molecular flexibility index (Phi) is 5.93. The third-order valence-electron chi connectivity index (χ3n) is 3.69. The second-order valence-electron chi connectivity index (χ2n) is 5.46. The fourth-order valence-electron chi connectivity index (χ4n) is 2.48. The van der Waals surface area contributed by atoms with E-state index in [2.05, 4.69) is 37.7 Å². The molecule has 2 rings (SSSR count). The molecule has 6 heteroatoms. The number of pyridine rings is 1. The van der Waals surface area contributed by atoms with Crippen LogP contribution < -0.4 is 5.32 Å². The van der Waals surface area contributed by atoms with Gasteiger partial charge < -0.3 is 9.88 Å². The molecule has 0 saturated heterocycles. The van der Waals surface area contributed by atoms with Crippen molar-refractivity contribution in [2.75, 3.05) is 5.32 Å². The van der Waals surface area contributed by atoms with Crippen molar-refractivity contribution in [3.63, 3.8) is 0 Å². The molecule has 0 aliphatic carbocycles. The fraction of sp³-hybridized carbons (Fsp3) is 0.278. The van der Waals surface area contributed by atoms with E-state index in [1.165, 1.54) is 0 Å². The predicted octanol–water partition coefficient (Wildman–Crippen LogP) is 4.22. The molecule has 1 N–H and O–H groups in total. The summed E-state index contributed by atoms with van der Waals surface area (Å²) in [7, 11) is 0. The molecule has 0 fully saturated rings. The van der Waals surface area contributed by atoms with Crippen LogP contribution in [0.5, 0.6) is 0 Å². The molecule has 0 radical (unpaired) electrons. The van der Waals surface area contributed by atoms with E-state index in [0.29, 0.717) is 5.82 Å². The maximum atomic E-state index is 12.3. The van der Waals surface area contributed by atoms with Crippen LogP contribution >= 0.6 is 15.9 Å². The highest BCUT2D eigenvalue weighted by atomic mass is 79.9. The molecule has 0 unspecified atom stereocenters. The molecule has 2 aromatic rings. The van der Waals surface area contributed by atoms with Crippen LogP contribution in [0.3, 0.4) is 0 Å². The first-order valence-corrected chi connectivity index (χ1v) is 8.47. The van der Waals surface area contributed by atoms with Crippen molar-refractivity contribution in [2.45, 2.75) is 33.7 Å². The highest BCUT2D eigenvalue weighted by Crippen LogP contribution is 2.19. The molecule has 2 heterocycles. The number of nitrogens with zero attached hydrogens (tertiary/aromatic N) is 3. The lowest BCUT2D eigenvalue weighted by Crippen LogP contribution is -2.14. The van der Waals surface area contributed by atoms with Crippen LogP contribution in [-0.4, -0.2) is 15.5 Å². The topological polar surface area (TPSA) is 70.7 Å². The summed E-state index contributed by atoms with van der Waals surface area (Å²) in [5.74, 6) is -0.0616. The molecule has 5 nitrogen and oxygen atoms in total. The Balaban J connectivity index is 2.26. The molecule has 0 bridgehead atoms. The van der Waals surface area contributed by atoms with E-state index in [1.54, 1.807) is 24.4 Å². The van der Waals surface area contributed by atoms with Crippen molar-refractivity contribution in [2.24, 2.45) is 0 Å². The number of aryl methyl sites for hydroxylation is 1. The number of amides is 1. The summed E-state index contributed by atoms with van der Waals surface area (Å²) >= 11 is 3.29. The van der Waals surface area contributed by atoms with Crippen molar-refractivity contribution >= 4 is 33.7 Å². The summed E-state index contributed by atoms with van der Waals surface area (Å²) < 4.78 is 3.01. The molecule has 0 saturated carbocycles. The van der Waals surface area contributed by atoms with Crippen molar-refractivity contribution in [3.05, 3.63) is 51.4 Å².